The molecule has 0 aromatic carbocycles. The van der Waals surface area contributed by atoms with Gasteiger partial charge in [-0.2, -0.15) is 52.7 Å². The van der Waals surface area contributed by atoms with Gasteiger partial charge in [0, 0.05) is 12.8 Å². The molecule has 0 aliphatic rings. The predicted molar refractivity (Wildman–Crippen MR) is 59.4 cm³/mol. The second-order valence-electron chi connectivity index (χ2n) is 5.29. The minimum atomic E-state index is -6.71. The van der Waals surface area contributed by atoms with Crippen LogP contribution < -0.4 is 0 Å². The summed E-state index contributed by atoms with van der Waals surface area (Å²) < 4.78 is 176. The molecule has 0 N–H and O–H groups in total. The summed E-state index contributed by atoms with van der Waals surface area (Å²) in [6, 6.07) is 0. The van der Waals surface area contributed by atoms with Crippen LogP contribution in [-0.4, -0.2) is 36.0 Å². The van der Waals surface area contributed by atoms with Gasteiger partial charge in [-0.05, 0) is 12.8 Å². The molecule has 156 valence electrons. The maximum absolute atomic E-state index is 13.6. The molecule has 0 fully saturated rings. The number of hydrogen-bond acceptors (Lipinski definition) is 0. The Hall–Kier alpha value is -1.24. The number of hydrogen-bond donors (Lipinski definition) is 0. The highest BCUT2D eigenvalue weighted by molar-refractivity contribution is 5.05. The van der Waals surface area contributed by atoms with E-state index in [9.17, 15) is 61.5 Å². The van der Waals surface area contributed by atoms with Crippen LogP contribution in [0.25, 0.3) is 0 Å². The van der Waals surface area contributed by atoms with E-state index in [4.69, 9.17) is 0 Å². The molecule has 0 aromatic rings. The van der Waals surface area contributed by atoms with Gasteiger partial charge in [-0.1, -0.05) is 12.2 Å². The summed E-state index contributed by atoms with van der Waals surface area (Å²) in [4.78, 5) is 0. The lowest BCUT2D eigenvalue weighted by Gasteiger charge is -2.36. The molecule has 26 heavy (non-hydrogen) atoms. The van der Waals surface area contributed by atoms with E-state index in [1.165, 1.54) is 0 Å². The monoisotopic (exact) mass is 420 g/mol. The SMILES string of the molecule is C/C=C/C(CC(F)(C(F)(F)F)C(F)(F)F)CC(F)(C(F)(F)F)C(F)(F)F. The average Bonchev–Trinajstić information content (AvgIpc) is 2.33. The van der Waals surface area contributed by atoms with Crippen molar-refractivity contribution in [3.63, 3.8) is 0 Å². The van der Waals surface area contributed by atoms with Gasteiger partial charge in [-0.3, -0.25) is 0 Å². The second kappa shape index (κ2) is 7.06. The molecule has 0 rings (SSSR count). The number of halogens is 14. The highest BCUT2D eigenvalue weighted by atomic mass is 19.4. The Balaban J connectivity index is 6.10. The van der Waals surface area contributed by atoms with Gasteiger partial charge in [0.1, 0.15) is 0 Å². The first-order valence-corrected chi connectivity index (χ1v) is 6.41. The Morgan fingerprint density at radius 3 is 0.923 bits per heavy atom. The molecular formula is C12H10F14. The van der Waals surface area contributed by atoms with Crippen LogP contribution >= 0.6 is 0 Å². The van der Waals surface area contributed by atoms with E-state index in [2.05, 4.69) is 0 Å². The fraction of sp³-hybridized carbons (Fsp3) is 0.833. The third kappa shape index (κ3) is 4.72. The van der Waals surface area contributed by atoms with Gasteiger partial charge in [-0.25, -0.2) is 8.78 Å². The third-order valence-corrected chi connectivity index (χ3v) is 3.35. The first-order chi connectivity index (χ1) is 11.1. The third-order valence-electron chi connectivity index (χ3n) is 3.35. The van der Waals surface area contributed by atoms with Crippen molar-refractivity contribution in [3.05, 3.63) is 12.2 Å². The van der Waals surface area contributed by atoms with Crippen molar-refractivity contribution in [2.75, 3.05) is 0 Å². The van der Waals surface area contributed by atoms with E-state index in [0.717, 1.165) is 6.92 Å². The standard InChI is InChI=1S/C12H10F14/c1-2-3-6(4-7(13,9(15,16)17)10(18,19)20)5-8(14,11(21,22)23)12(24,25)26/h2-3,6H,4-5H2,1H3/b3-2+. The fourth-order valence-corrected chi connectivity index (χ4v) is 1.99. The minimum Gasteiger partial charge on any atom is -0.224 e. The topological polar surface area (TPSA) is 0 Å². The van der Waals surface area contributed by atoms with E-state index in [1.807, 2.05) is 0 Å². The highest BCUT2D eigenvalue weighted by Crippen LogP contribution is 2.54. The first kappa shape index (κ1) is 24.8. The van der Waals surface area contributed by atoms with Crippen LogP contribution in [0.15, 0.2) is 12.2 Å². The van der Waals surface area contributed by atoms with Crippen molar-refractivity contribution in [1.82, 2.24) is 0 Å². The lowest BCUT2D eigenvalue weighted by atomic mass is 9.82. The van der Waals surface area contributed by atoms with Gasteiger partial charge in [0.25, 0.3) is 11.3 Å². The maximum Gasteiger partial charge on any atom is 0.431 e. The van der Waals surface area contributed by atoms with Crippen molar-refractivity contribution in [3.8, 4) is 0 Å². The van der Waals surface area contributed by atoms with Crippen LogP contribution in [0.3, 0.4) is 0 Å². The van der Waals surface area contributed by atoms with Crippen molar-refractivity contribution < 1.29 is 61.5 Å². The zero-order valence-electron chi connectivity index (χ0n) is 12.4. The van der Waals surface area contributed by atoms with Gasteiger partial charge >= 0.3 is 24.7 Å². The van der Waals surface area contributed by atoms with Crippen molar-refractivity contribution in [2.45, 2.75) is 55.8 Å². The van der Waals surface area contributed by atoms with Gasteiger partial charge in [0.05, 0.1) is 0 Å². The zero-order chi connectivity index (χ0) is 21.4. The van der Waals surface area contributed by atoms with E-state index < -0.39 is 54.8 Å². The molecule has 0 aliphatic heterocycles. The van der Waals surface area contributed by atoms with Gasteiger partial charge in [0.15, 0.2) is 0 Å². The minimum absolute atomic E-state index is 0.0115. The Kier molecular flexibility index (Phi) is 6.72. The van der Waals surface area contributed by atoms with Crippen molar-refractivity contribution >= 4 is 0 Å². The van der Waals surface area contributed by atoms with Crippen LogP contribution in [-0.2, 0) is 0 Å². The molecule has 0 aliphatic carbocycles. The molecule has 0 unspecified atom stereocenters. The molecule has 0 nitrogen and oxygen atoms in total. The summed E-state index contributed by atoms with van der Waals surface area (Å²) in [6.07, 6.45) is -32.2. The molecule has 0 saturated heterocycles. The molecule has 0 atom stereocenters. The largest absolute Gasteiger partial charge is 0.431 e. The van der Waals surface area contributed by atoms with Gasteiger partial charge in [-0.15, -0.1) is 0 Å². The first-order valence-electron chi connectivity index (χ1n) is 6.41. The maximum atomic E-state index is 13.6. The summed E-state index contributed by atoms with van der Waals surface area (Å²) >= 11 is 0. The second-order valence-corrected chi connectivity index (χ2v) is 5.29. The Labute approximate surface area is 136 Å². The average molecular weight is 420 g/mol. The van der Waals surface area contributed by atoms with Crippen molar-refractivity contribution in [2.24, 2.45) is 5.92 Å². The Morgan fingerprint density at radius 2 is 0.769 bits per heavy atom. The van der Waals surface area contributed by atoms with Crippen LogP contribution in [0, 0.1) is 5.92 Å². The van der Waals surface area contributed by atoms with E-state index in [-0.39, 0.29) is 6.08 Å². The van der Waals surface area contributed by atoms with E-state index in [0.29, 0.717) is 6.08 Å². The van der Waals surface area contributed by atoms with Crippen LogP contribution in [0.5, 0.6) is 0 Å². The lowest BCUT2D eigenvalue weighted by molar-refractivity contribution is -0.355. The van der Waals surface area contributed by atoms with Crippen LogP contribution in [0.1, 0.15) is 19.8 Å². The van der Waals surface area contributed by atoms with Crippen LogP contribution in [0.4, 0.5) is 61.5 Å². The van der Waals surface area contributed by atoms with Gasteiger partial charge < -0.3 is 0 Å². The molecule has 0 heterocycles. The van der Waals surface area contributed by atoms with Gasteiger partial charge in [0.2, 0.25) is 0 Å². The number of allylic oxidation sites excluding steroid dienone is 2. The normalized spacial score (nSPS) is 16.0. The summed E-state index contributed by atoms with van der Waals surface area (Å²) in [5, 5.41) is 0. The summed E-state index contributed by atoms with van der Waals surface area (Å²) in [5.74, 6) is -3.03. The molecular weight excluding hydrogens is 410 g/mol. The predicted octanol–water partition coefficient (Wildman–Crippen LogP) is 6.62. The summed E-state index contributed by atoms with van der Waals surface area (Å²) in [6.45, 7) is 0.815. The van der Waals surface area contributed by atoms with E-state index >= 15 is 0 Å². The fourth-order valence-electron chi connectivity index (χ4n) is 1.99. The molecule has 0 bridgehead atoms. The number of alkyl halides is 14. The highest BCUT2D eigenvalue weighted by Gasteiger charge is 2.75. The summed E-state index contributed by atoms with van der Waals surface area (Å²) in [7, 11) is 0. The quantitative estimate of drug-likeness (QED) is 0.346. The van der Waals surface area contributed by atoms with Crippen molar-refractivity contribution in [1.29, 1.82) is 0 Å². The zero-order valence-corrected chi connectivity index (χ0v) is 12.4. The molecule has 0 aromatic heterocycles. The molecule has 0 saturated carbocycles. The number of rotatable bonds is 5. The Bertz CT molecular complexity index is 420. The molecule has 0 amide bonds. The lowest BCUT2D eigenvalue weighted by Crippen LogP contribution is -2.57. The van der Waals surface area contributed by atoms with E-state index in [1.54, 1.807) is 0 Å². The summed E-state index contributed by atoms with van der Waals surface area (Å²) in [5.41, 5.74) is -12.3. The van der Waals surface area contributed by atoms with Crippen LogP contribution in [0.2, 0.25) is 0 Å². The smallest absolute Gasteiger partial charge is 0.224 e. The Morgan fingerprint density at radius 1 is 0.538 bits per heavy atom. The molecule has 0 radical (unpaired) electrons. The molecule has 14 heteroatoms. The molecule has 0 spiro atoms.